The molecule has 150 valence electrons. The number of aryl methyl sites for hydroxylation is 1. The number of hydrogen-bond donors (Lipinski definition) is 2. The predicted molar refractivity (Wildman–Crippen MR) is 120 cm³/mol. The average molecular weight is 408 g/mol. The van der Waals surface area contributed by atoms with Crippen molar-refractivity contribution in [2.24, 2.45) is 0 Å². The van der Waals surface area contributed by atoms with Crippen LogP contribution in [0.25, 0.3) is 22.4 Å². The molecule has 29 heavy (non-hydrogen) atoms. The average Bonchev–Trinajstić information content (AvgIpc) is 3.14. The predicted octanol–water partition coefficient (Wildman–Crippen LogP) is 5.57. The second-order valence-electron chi connectivity index (χ2n) is 7.44. The molecule has 0 fully saturated rings. The minimum absolute atomic E-state index is 0.229. The van der Waals surface area contributed by atoms with Crippen molar-refractivity contribution in [3.05, 3.63) is 76.3 Å². The topological polar surface area (TPSA) is 49.9 Å². The molecule has 1 atom stereocenters. The Kier molecular flexibility index (Phi) is 6.14. The first-order valence-electron chi connectivity index (χ1n) is 9.99. The summed E-state index contributed by atoms with van der Waals surface area (Å²) >= 11 is 6.40. The summed E-state index contributed by atoms with van der Waals surface area (Å²) in [7, 11) is 1.75. The number of aromatic amines is 1. The fourth-order valence-electron chi connectivity index (χ4n) is 3.69. The maximum atomic E-state index is 6.40. The number of aromatic nitrogens is 2. The molecule has 5 heteroatoms. The van der Waals surface area contributed by atoms with Gasteiger partial charge in [0.25, 0.3) is 0 Å². The van der Waals surface area contributed by atoms with Crippen molar-refractivity contribution in [3.8, 4) is 11.4 Å². The lowest BCUT2D eigenvalue weighted by Crippen LogP contribution is -2.16. The number of imidazole rings is 1. The molecule has 3 aromatic rings. The molecular formula is C24H26ClN3O. The van der Waals surface area contributed by atoms with Crippen LogP contribution in [0.15, 0.2) is 60.2 Å². The van der Waals surface area contributed by atoms with Crippen LogP contribution in [0.3, 0.4) is 0 Å². The van der Waals surface area contributed by atoms with Gasteiger partial charge in [0.15, 0.2) is 0 Å². The number of fused-ring (bicyclic) bond motifs is 1. The Labute approximate surface area is 176 Å². The van der Waals surface area contributed by atoms with Gasteiger partial charge in [0, 0.05) is 19.2 Å². The van der Waals surface area contributed by atoms with Crippen molar-refractivity contribution in [2.75, 3.05) is 13.7 Å². The Hall–Kier alpha value is -2.40. The first-order chi connectivity index (χ1) is 14.1. The van der Waals surface area contributed by atoms with Crippen molar-refractivity contribution in [2.45, 2.75) is 32.4 Å². The number of nitrogens with zero attached hydrogens (tertiary/aromatic N) is 1. The number of allylic oxidation sites excluding steroid dienone is 1. The van der Waals surface area contributed by atoms with Gasteiger partial charge in [0.2, 0.25) is 0 Å². The van der Waals surface area contributed by atoms with E-state index in [2.05, 4.69) is 59.7 Å². The summed E-state index contributed by atoms with van der Waals surface area (Å²) in [4.78, 5) is 8.16. The molecule has 0 saturated carbocycles. The third-order valence-electron chi connectivity index (χ3n) is 5.36. The first kappa shape index (κ1) is 19.9. The molecule has 1 aromatic heterocycles. The number of H-pyrrole nitrogens is 1. The van der Waals surface area contributed by atoms with Gasteiger partial charge in [-0.15, -0.1) is 0 Å². The molecule has 1 heterocycles. The van der Waals surface area contributed by atoms with Crippen molar-refractivity contribution < 1.29 is 4.74 Å². The molecule has 2 N–H and O–H groups in total. The lowest BCUT2D eigenvalue weighted by molar-refractivity contribution is 0.142. The zero-order valence-corrected chi connectivity index (χ0v) is 17.6. The van der Waals surface area contributed by atoms with Crippen LogP contribution in [0.4, 0.5) is 0 Å². The van der Waals surface area contributed by atoms with Crippen LogP contribution in [0.2, 0.25) is 5.02 Å². The number of benzene rings is 2. The summed E-state index contributed by atoms with van der Waals surface area (Å²) in [5.74, 6) is 0.818. The van der Waals surface area contributed by atoms with Crippen LogP contribution in [-0.2, 0) is 11.3 Å². The summed E-state index contributed by atoms with van der Waals surface area (Å²) in [5.41, 5.74) is 6.66. The third kappa shape index (κ3) is 4.61. The van der Waals surface area contributed by atoms with Crippen LogP contribution in [0.5, 0.6) is 0 Å². The van der Waals surface area contributed by atoms with E-state index in [1.165, 1.54) is 11.1 Å². The molecule has 1 aliphatic carbocycles. The van der Waals surface area contributed by atoms with E-state index in [4.69, 9.17) is 21.3 Å². The van der Waals surface area contributed by atoms with Gasteiger partial charge in [0.05, 0.1) is 22.2 Å². The van der Waals surface area contributed by atoms with Crippen LogP contribution < -0.4 is 5.32 Å². The maximum absolute atomic E-state index is 6.40. The van der Waals surface area contributed by atoms with E-state index in [1.807, 2.05) is 12.1 Å². The maximum Gasteiger partial charge on any atom is 0.140 e. The summed E-state index contributed by atoms with van der Waals surface area (Å²) < 4.78 is 5.34. The highest BCUT2D eigenvalue weighted by Crippen LogP contribution is 2.30. The van der Waals surface area contributed by atoms with Crippen LogP contribution >= 0.6 is 11.6 Å². The summed E-state index contributed by atoms with van der Waals surface area (Å²) in [5, 5.41) is 4.25. The lowest BCUT2D eigenvalue weighted by atomic mass is 10.0. The quantitative estimate of drug-likeness (QED) is 0.503. The minimum atomic E-state index is 0.229. The fraction of sp³-hybridized carbons (Fsp3) is 0.292. The van der Waals surface area contributed by atoms with Gasteiger partial charge in [-0.3, -0.25) is 0 Å². The normalized spacial score (nSPS) is 16.4. The molecule has 0 amide bonds. The van der Waals surface area contributed by atoms with Crippen molar-refractivity contribution in [1.82, 2.24) is 15.3 Å². The van der Waals surface area contributed by atoms with Crippen LogP contribution in [-0.4, -0.2) is 29.7 Å². The van der Waals surface area contributed by atoms with E-state index in [-0.39, 0.29) is 6.10 Å². The standard InChI is InChI=1S/C24H26ClN3O/c1-16-4-3-5-20(25)23(16)24-27-21-11-8-18(14-22(21)28-24)15-26-13-12-17-6-9-19(29-2)10-7-17/h3-9,11,14,19,26H,10,12-13,15H2,1-2H3,(H,27,28). The highest BCUT2D eigenvalue weighted by atomic mass is 35.5. The SMILES string of the molecule is COC1C=CC(CCNCc2ccc3nc(-c4c(C)cccc4Cl)[nH]c3c2)=CC1. The van der Waals surface area contributed by atoms with Gasteiger partial charge >= 0.3 is 0 Å². The Balaban J connectivity index is 1.38. The van der Waals surface area contributed by atoms with Crippen molar-refractivity contribution >= 4 is 22.6 Å². The van der Waals surface area contributed by atoms with E-state index in [9.17, 15) is 0 Å². The van der Waals surface area contributed by atoms with E-state index in [1.54, 1.807) is 7.11 Å². The van der Waals surface area contributed by atoms with Gasteiger partial charge in [-0.05, 0) is 55.6 Å². The minimum Gasteiger partial charge on any atom is -0.377 e. The zero-order valence-electron chi connectivity index (χ0n) is 16.8. The summed E-state index contributed by atoms with van der Waals surface area (Å²) in [6.07, 6.45) is 8.80. The molecule has 0 bridgehead atoms. The first-order valence-corrected chi connectivity index (χ1v) is 10.4. The number of halogens is 1. The second-order valence-corrected chi connectivity index (χ2v) is 7.85. The zero-order chi connectivity index (χ0) is 20.2. The molecule has 1 unspecified atom stereocenters. The van der Waals surface area contributed by atoms with Gasteiger partial charge < -0.3 is 15.0 Å². The number of methoxy groups -OCH3 is 1. The Morgan fingerprint density at radius 3 is 2.93 bits per heavy atom. The second kappa shape index (κ2) is 8.95. The molecular weight excluding hydrogens is 382 g/mol. The molecule has 4 rings (SSSR count). The highest BCUT2D eigenvalue weighted by molar-refractivity contribution is 6.33. The number of hydrogen-bond acceptors (Lipinski definition) is 3. The molecule has 0 saturated heterocycles. The molecule has 0 radical (unpaired) electrons. The van der Waals surface area contributed by atoms with Gasteiger partial charge in [0.1, 0.15) is 5.82 Å². The van der Waals surface area contributed by atoms with E-state index in [0.717, 1.165) is 53.9 Å². The van der Waals surface area contributed by atoms with E-state index >= 15 is 0 Å². The Morgan fingerprint density at radius 2 is 2.17 bits per heavy atom. The highest BCUT2D eigenvalue weighted by Gasteiger charge is 2.12. The molecule has 0 spiro atoms. The Bertz CT molecular complexity index is 1050. The molecule has 2 aromatic carbocycles. The van der Waals surface area contributed by atoms with Gasteiger partial charge in [-0.2, -0.15) is 0 Å². The fourth-order valence-corrected chi connectivity index (χ4v) is 4.00. The van der Waals surface area contributed by atoms with Crippen LogP contribution in [0, 0.1) is 6.92 Å². The number of nitrogens with one attached hydrogen (secondary N) is 2. The Morgan fingerprint density at radius 1 is 1.28 bits per heavy atom. The number of ether oxygens (including phenoxy) is 1. The largest absolute Gasteiger partial charge is 0.377 e. The van der Waals surface area contributed by atoms with E-state index in [0.29, 0.717) is 5.02 Å². The summed E-state index contributed by atoms with van der Waals surface area (Å²) in [6.45, 7) is 3.82. The van der Waals surface area contributed by atoms with Crippen molar-refractivity contribution in [3.63, 3.8) is 0 Å². The van der Waals surface area contributed by atoms with Crippen molar-refractivity contribution in [1.29, 1.82) is 0 Å². The third-order valence-corrected chi connectivity index (χ3v) is 5.68. The van der Waals surface area contributed by atoms with E-state index < -0.39 is 0 Å². The monoisotopic (exact) mass is 407 g/mol. The number of rotatable bonds is 7. The smallest absolute Gasteiger partial charge is 0.140 e. The molecule has 1 aliphatic rings. The van der Waals surface area contributed by atoms with Gasteiger partial charge in [-0.25, -0.2) is 4.98 Å². The molecule has 4 nitrogen and oxygen atoms in total. The molecule has 0 aliphatic heterocycles. The lowest BCUT2D eigenvalue weighted by Gasteiger charge is -2.14. The van der Waals surface area contributed by atoms with Gasteiger partial charge in [-0.1, -0.05) is 53.6 Å². The summed E-state index contributed by atoms with van der Waals surface area (Å²) in [6, 6.07) is 12.3. The van der Waals surface area contributed by atoms with Crippen LogP contribution in [0.1, 0.15) is 24.0 Å².